The van der Waals surface area contributed by atoms with Crippen LogP contribution in [0.25, 0.3) is 0 Å². The summed E-state index contributed by atoms with van der Waals surface area (Å²) in [5.74, 6) is 0.0913. The van der Waals surface area contributed by atoms with Crippen LogP contribution in [0.1, 0.15) is 50.0 Å². The SMILES string of the molecule is CCCCCC(C)Nc1nc(C(=O)OC)ccc1N. The van der Waals surface area contributed by atoms with E-state index >= 15 is 0 Å². The number of hydrogen-bond donors (Lipinski definition) is 2. The summed E-state index contributed by atoms with van der Waals surface area (Å²) in [4.78, 5) is 15.6. The molecule has 0 saturated carbocycles. The van der Waals surface area contributed by atoms with Crippen molar-refractivity contribution in [1.29, 1.82) is 0 Å². The van der Waals surface area contributed by atoms with E-state index in [1.165, 1.54) is 26.4 Å². The Hall–Kier alpha value is -1.78. The van der Waals surface area contributed by atoms with Crippen LogP contribution in [0.15, 0.2) is 12.1 Å². The summed E-state index contributed by atoms with van der Waals surface area (Å²) in [6.07, 6.45) is 4.64. The first kappa shape index (κ1) is 15.3. The highest BCUT2D eigenvalue weighted by Gasteiger charge is 2.11. The maximum absolute atomic E-state index is 11.4. The number of carbonyl (C=O) groups is 1. The molecule has 106 valence electrons. The maximum Gasteiger partial charge on any atom is 0.356 e. The lowest BCUT2D eigenvalue weighted by atomic mass is 10.1. The molecule has 1 unspecified atom stereocenters. The number of aromatic nitrogens is 1. The van der Waals surface area contributed by atoms with Crippen LogP contribution in [0.2, 0.25) is 0 Å². The number of nitrogens with zero attached hydrogens (tertiary/aromatic N) is 1. The molecule has 0 bridgehead atoms. The molecule has 1 heterocycles. The van der Waals surface area contributed by atoms with E-state index in [1.54, 1.807) is 12.1 Å². The van der Waals surface area contributed by atoms with E-state index in [0.717, 1.165) is 6.42 Å². The zero-order chi connectivity index (χ0) is 14.3. The van der Waals surface area contributed by atoms with Gasteiger partial charge in [-0.3, -0.25) is 0 Å². The molecule has 0 radical (unpaired) electrons. The molecule has 1 aromatic rings. The molecule has 5 heteroatoms. The van der Waals surface area contributed by atoms with Crippen molar-refractivity contribution in [3.63, 3.8) is 0 Å². The first-order valence-corrected chi connectivity index (χ1v) is 6.69. The smallest absolute Gasteiger partial charge is 0.356 e. The number of ether oxygens (including phenoxy) is 1. The second kappa shape index (κ2) is 7.61. The van der Waals surface area contributed by atoms with Gasteiger partial charge >= 0.3 is 5.97 Å². The van der Waals surface area contributed by atoms with E-state index in [2.05, 4.69) is 28.9 Å². The van der Waals surface area contributed by atoms with Gasteiger partial charge in [-0.25, -0.2) is 9.78 Å². The van der Waals surface area contributed by atoms with Gasteiger partial charge in [0.15, 0.2) is 5.69 Å². The maximum atomic E-state index is 11.4. The summed E-state index contributed by atoms with van der Waals surface area (Å²) in [5, 5.41) is 3.24. The number of methoxy groups -OCH3 is 1. The van der Waals surface area contributed by atoms with Crippen LogP contribution in [-0.2, 0) is 4.74 Å². The number of unbranched alkanes of at least 4 members (excludes halogenated alkanes) is 2. The molecule has 3 N–H and O–H groups in total. The van der Waals surface area contributed by atoms with Gasteiger partial charge in [-0.1, -0.05) is 26.2 Å². The van der Waals surface area contributed by atoms with Crippen LogP contribution in [0.3, 0.4) is 0 Å². The van der Waals surface area contributed by atoms with Crippen LogP contribution >= 0.6 is 0 Å². The molecule has 0 aliphatic rings. The minimum absolute atomic E-state index is 0.264. The molecule has 1 atom stereocenters. The minimum Gasteiger partial charge on any atom is -0.464 e. The van der Waals surface area contributed by atoms with Crippen LogP contribution in [0.4, 0.5) is 11.5 Å². The molecule has 0 spiro atoms. The van der Waals surface area contributed by atoms with Gasteiger partial charge < -0.3 is 15.8 Å². The second-order valence-corrected chi connectivity index (χ2v) is 4.67. The highest BCUT2D eigenvalue weighted by molar-refractivity contribution is 5.88. The Balaban J connectivity index is 2.68. The Labute approximate surface area is 114 Å². The van der Waals surface area contributed by atoms with Gasteiger partial charge in [0, 0.05) is 6.04 Å². The number of pyridine rings is 1. The van der Waals surface area contributed by atoms with Gasteiger partial charge in [0.05, 0.1) is 12.8 Å². The Bertz CT molecular complexity index is 421. The summed E-state index contributed by atoms with van der Waals surface area (Å²) in [6.45, 7) is 4.26. The molecule has 0 amide bonds. The number of anilines is 2. The number of esters is 1. The van der Waals surface area contributed by atoms with E-state index in [-0.39, 0.29) is 11.7 Å². The molecule has 0 saturated heterocycles. The topological polar surface area (TPSA) is 77.2 Å². The van der Waals surface area contributed by atoms with Gasteiger partial charge in [-0.2, -0.15) is 0 Å². The Kier molecular flexibility index (Phi) is 6.12. The Morgan fingerprint density at radius 2 is 2.21 bits per heavy atom. The molecule has 0 aromatic carbocycles. The molecule has 0 aliphatic carbocycles. The van der Waals surface area contributed by atoms with Gasteiger partial charge in [-0.15, -0.1) is 0 Å². The molecule has 1 rings (SSSR count). The monoisotopic (exact) mass is 265 g/mol. The third-order valence-electron chi connectivity index (χ3n) is 2.94. The summed E-state index contributed by atoms with van der Waals surface area (Å²) < 4.78 is 4.65. The minimum atomic E-state index is -0.457. The fourth-order valence-electron chi connectivity index (χ4n) is 1.81. The van der Waals surface area contributed by atoms with Gasteiger partial charge in [0.25, 0.3) is 0 Å². The van der Waals surface area contributed by atoms with E-state index in [0.29, 0.717) is 11.5 Å². The van der Waals surface area contributed by atoms with Crippen molar-refractivity contribution >= 4 is 17.5 Å². The predicted molar refractivity (Wildman–Crippen MR) is 77.2 cm³/mol. The zero-order valence-corrected chi connectivity index (χ0v) is 11.9. The average Bonchev–Trinajstić information content (AvgIpc) is 2.40. The van der Waals surface area contributed by atoms with Crippen molar-refractivity contribution in [1.82, 2.24) is 4.98 Å². The number of hydrogen-bond acceptors (Lipinski definition) is 5. The normalized spacial score (nSPS) is 11.9. The van der Waals surface area contributed by atoms with Gasteiger partial charge in [0.2, 0.25) is 0 Å². The fraction of sp³-hybridized carbons (Fsp3) is 0.571. The highest BCUT2D eigenvalue weighted by Crippen LogP contribution is 2.18. The molecular formula is C14H23N3O2. The molecule has 0 aliphatic heterocycles. The highest BCUT2D eigenvalue weighted by atomic mass is 16.5. The van der Waals surface area contributed by atoms with E-state index < -0.39 is 5.97 Å². The lowest BCUT2D eigenvalue weighted by Crippen LogP contribution is -2.18. The zero-order valence-electron chi connectivity index (χ0n) is 11.9. The molecule has 5 nitrogen and oxygen atoms in total. The van der Waals surface area contributed by atoms with Crippen LogP contribution < -0.4 is 11.1 Å². The van der Waals surface area contributed by atoms with Crippen molar-refractivity contribution in [2.24, 2.45) is 0 Å². The second-order valence-electron chi connectivity index (χ2n) is 4.67. The fourth-order valence-corrected chi connectivity index (χ4v) is 1.81. The van der Waals surface area contributed by atoms with Crippen molar-refractivity contribution in [3.8, 4) is 0 Å². The van der Waals surface area contributed by atoms with Crippen LogP contribution in [0, 0.1) is 0 Å². The van der Waals surface area contributed by atoms with Gasteiger partial charge in [0.1, 0.15) is 5.82 Å². The summed E-state index contributed by atoms with van der Waals surface area (Å²) in [5.41, 5.74) is 6.66. The Morgan fingerprint density at radius 1 is 1.47 bits per heavy atom. The lowest BCUT2D eigenvalue weighted by Gasteiger charge is -2.16. The van der Waals surface area contributed by atoms with E-state index in [1.807, 2.05) is 0 Å². The number of carbonyl (C=O) groups excluding carboxylic acids is 1. The largest absolute Gasteiger partial charge is 0.464 e. The van der Waals surface area contributed by atoms with E-state index in [4.69, 9.17) is 5.73 Å². The third-order valence-corrected chi connectivity index (χ3v) is 2.94. The quantitative estimate of drug-likeness (QED) is 0.585. The lowest BCUT2D eigenvalue weighted by molar-refractivity contribution is 0.0594. The third kappa shape index (κ3) is 4.77. The van der Waals surface area contributed by atoms with E-state index in [9.17, 15) is 4.79 Å². The summed E-state index contributed by atoms with van der Waals surface area (Å²) in [7, 11) is 1.33. The first-order chi connectivity index (χ1) is 9.08. The van der Waals surface area contributed by atoms with Crippen molar-refractivity contribution < 1.29 is 9.53 Å². The summed E-state index contributed by atoms with van der Waals surface area (Å²) >= 11 is 0. The standard InChI is InChI=1S/C14H23N3O2/c1-4-5-6-7-10(2)16-13-11(15)8-9-12(17-13)14(18)19-3/h8-10H,4-7,15H2,1-3H3,(H,16,17). The number of nitrogen functional groups attached to an aromatic ring is 1. The number of nitrogens with one attached hydrogen (secondary N) is 1. The first-order valence-electron chi connectivity index (χ1n) is 6.69. The molecule has 0 fully saturated rings. The number of rotatable bonds is 7. The van der Waals surface area contributed by atoms with Crippen molar-refractivity contribution in [2.45, 2.75) is 45.6 Å². The average molecular weight is 265 g/mol. The summed E-state index contributed by atoms with van der Waals surface area (Å²) in [6, 6.07) is 3.50. The molecule has 1 aromatic heterocycles. The van der Waals surface area contributed by atoms with Crippen LogP contribution in [0.5, 0.6) is 0 Å². The Morgan fingerprint density at radius 3 is 2.84 bits per heavy atom. The predicted octanol–water partition coefficient (Wildman–Crippen LogP) is 2.83. The van der Waals surface area contributed by atoms with Crippen molar-refractivity contribution in [3.05, 3.63) is 17.8 Å². The number of nitrogens with two attached hydrogens (primary N) is 1. The van der Waals surface area contributed by atoms with Crippen molar-refractivity contribution in [2.75, 3.05) is 18.2 Å². The molecule has 19 heavy (non-hydrogen) atoms. The van der Waals surface area contributed by atoms with Crippen LogP contribution in [-0.4, -0.2) is 24.1 Å². The van der Waals surface area contributed by atoms with Gasteiger partial charge in [-0.05, 0) is 25.5 Å². The molecular weight excluding hydrogens is 242 g/mol.